The predicted molar refractivity (Wildman–Crippen MR) is 150 cm³/mol. The summed E-state index contributed by atoms with van der Waals surface area (Å²) in [5, 5.41) is 12.0. The van der Waals surface area contributed by atoms with Crippen LogP contribution in [-0.4, -0.2) is 48.6 Å². The first kappa shape index (κ1) is 31.5. The summed E-state index contributed by atoms with van der Waals surface area (Å²) in [5.41, 5.74) is 8.45. The Balaban J connectivity index is 2.04. The molecule has 14 heteroatoms. The minimum Gasteiger partial charge on any atom is -0.490 e. The number of esters is 1. The Bertz CT molecular complexity index is 1420. The van der Waals surface area contributed by atoms with Gasteiger partial charge in [0, 0.05) is 25.0 Å². The van der Waals surface area contributed by atoms with Crippen LogP contribution in [0.2, 0.25) is 0 Å². The Morgan fingerprint density at radius 2 is 1.81 bits per heavy atom. The van der Waals surface area contributed by atoms with Gasteiger partial charge in [0.1, 0.15) is 23.4 Å². The molecule has 2 aromatic carbocycles. The number of pyridine rings is 1. The number of hydrogen-bond donors (Lipinski definition) is 4. The molecule has 0 spiro atoms. The van der Waals surface area contributed by atoms with Crippen molar-refractivity contribution in [2.45, 2.75) is 39.1 Å². The highest BCUT2D eigenvalue weighted by atomic mass is 19.4. The fourth-order valence-corrected chi connectivity index (χ4v) is 3.71. The van der Waals surface area contributed by atoms with E-state index >= 15 is 0 Å². The van der Waals surface area contributed by atoms with Gasteiger partial charge in [0.15, 0.2) is 11.5 Å². The number of nitrogens with one attached hydrogen (secondary N) is 3. The molecule has 1 unspecified atom stereocenters. The summed E-state index contributed by atoms with van der Waals surface area (Å²) in [6, 6.07) is 12.5. The number of hydrogen-bond acceptors (Lipinski definition) is 9. The third-order valence-electron chi connectivity index (χ3n) is 5.51. The number of halogens is 3. The Morgan fingerprint density at radius 1 is 1.07 bits per heavy atom. The number of amidine groups is 1. The maximum atomic E-state index is 13.6. The molecule has 1 amide bonds. The molecule has 5 N–H and O–H groups in total. The van der Waals surface area contributed by atoms with Crippen LogP contribution in [0.25, 0.3) is 0 Å². The summed E-state index contributed by atoms with van der Waals surface area (Å²) in [6.45, 7) is 5.80. The molecule has 1 atom stereocenters. The zero-order chi connectivity index (χ0) is 31.0. The first-order valence-electron chi connectivity index (χ1n) is 12.7. The lowest BCUT2D eigenvalue weighted by Crippen LogP contribution is -2.44. The molecule has 0 radical (unpaired) electrons. The molecule has 0 aliphatic heterocycles. The van der Waals surface area contributed by atoms with Crippen LogP contribution < -0.4 is 35.7 Å². The molecule has 0 saturated heterocycles. The Labute approximate surface area is 240 Å². The number of nitrogens with two attached hydrogens (primary N) is 1. The van der Waals surface area contributed by atoms with Crippen LogP contribution >= 0.6 is 0 Å². The van der Waals surface area contributed by atoms with Crippen molar-refractivity contribution >= 4 is 29.2 Å². The topological polar surface area (TPSA) is 152 Å². The van der Waals surface area contributed by atoms with Gasteiger partial charge in [-0.1, -0.05) is 12.1 Å². The zero-order valence-electron chi connectivity index (χ0n) is 23.3. The maximum Gasteiger partial charge on any atom is 0.491 e. The molecule has 1 heterocycles. The molecule has 0 aliphatic rings. The molecule has 0 saturated carbocycles. The van der Waals surface area contributed by atoms with Gasteiger partial charge in [0.05, 0.1) is 18.3 Å². The summed E-state index contributed by atoms with van der Waals surface area (Å²) in [6.07, 6.45) is -3.89. The van der Waals surface area contributed by atoms with Gasteiger partial charge in [0.25, 0.3) is 5.91 Å². The minimum atomic E-state index is -5.29. The highest BCUT2D eigenvalue weighted by molar-refractivity contribution is 5.99. The molecular formula is C28H31F3N6O5. The van der Waals surface area contributed by atoms with Crippen molar-refractivity contribution in [3.05, 3.63) is 71.9 Å². The van der Waals surface area contributed by atoms with Gasteiger partial charge in [-0.2, -0.15) is 13.2 Å². The van der Waals surface area contributed by atoms with Crippen molar-refractivity contribution in [1.29, 1.82) is 5.41 Å². The van der Waals surface area contributed by atoms with Crippen LogP contribution in [0.4, 0.5) is 24.7 Å². The maximum absolute atomic E-state index is 13.6. The smallest absolute Gasteiger partial charge is 0.490 e. The van der Waals surface area contributed by atoms with Crippen molar-refractivity contribution in [2.24, 2.45) is 5.73 Å². The average molecular weight is 589 g/mol. The fourth-order valence-electron chi connectivity index (χ4n) is 3.71. The molecule has 3 rings (SSSR count). The normalized spacial score (nSPS) is 11.8. The number of ether oxygens (including phenoxy) is 3. The van der Waals surface area contributed by atoms with Gasteiger partial charge in [-0.05, 0) is 62.7 Å². The van der Waals surface area contributed by atoms with E-state index in [1.807, 2.05) is 13.8 Å². The van der Waals surface area contributed by atoms with Crippen molar-refractivity contribution in [1.82, 2.24) is 10.4 Å². The number of carbonyl (C=O) groups is 2. The molecule has 1 aromatic heterocycles. The van der Waals surface area contributed by atoms with Gasteiger partial charge in [0.2, 0.25) is 0 Å². The van der Waals surface area contributed by atoms with Gasteiger partial charge in [-0.25, -0.2) is 9.78 Å². The Hall–Kier alpha value is -5.01. The third kappa shape index (κ3) is 8.25. The minimum absolute atomic E-state index is 0.0890. The van der Waals surface area contributed by atoms with Gasteiger partial charge in [-0.15, -0.1) is 0 Å². The first-order chi connectivity index (χ1) is 19.8. The van der Waals surface area contributed by atoms with Gasteiger partial charge >= 0.3 is 12.1 Å². The molecule has 11 nitrogen and oxygen atoms in total. The monoisotopic (exact) mass is 588 g/mol. The number of nitrogens with zero attached hydrogens (tertiary/aromatic N) is 2. The number of nitrogen functional groups attached to an aromatic ring is 1. The molecular weight excluding hydrogens is 557 g/mol. The van der Waals surface area contributed by atoms with Crippen LogP contribution in [0, 0.1) is 5.41 Å². The number of carbonyl (C=O) groups excluding carboxylic acids is 2. The molecule has 0 fully saturated rings. The van der Waals surface area contributed by atoms with E-state index in [1.165, 1.54) is 17.1 Å². The number of aromatic nitrogens is 1. The second-order valence-electron chi connectivity index (χ2n) is 9.12. The number of rotatable bonds is 12. The number of hydrazine groups is 1. The summed E-state index contributed by atoms with van der Waals surface area (Å²) in [7, 11) is 1.58. The van der Waals surface area contributed by atoms with E-state index in [2.05, 4.69) is 20.5 Å². The quantitative estimate of drug-likeness (QED) is 0.0796. The van der Waals surface area contributed by atoms with Crippen LogP contribution in [0.3, 0.4) is 0 Å². The van der Waals surface area contributed by atoms with Crippen molar-refractivity contribution < 1.29 is 37.0 Å². The SMILES string of the molecule is CCOc1cc(C(Nc2ccc(C(=N)N)c(OC(=O)C(F)(F)F)c2)C(=O)NN(C)c2ccccn2)ccc1OC(C)C. The Kier molecular flexibility index (Phi) is 10.2. The first-order valence-corrected chi connectivity index (χ1v) is 12.7. The molecule has 224 valence electrons. The van der Waals surface area contributed by atoms with Gasteiger partial charge < -0.3 is 25.3 Å². The van der Waals surface area contributed by atoms with Crippen LogP contribution in [0.15, 0.2) is 60.8 Å². The third-order valence-corrected chi connectivity index (χ3v) is 5.51. The van der Waals surface area contributed by atoms with E-state index < -0.39 is 35.7 Å². The molecule has 0 aliphatic carbocycles. The standard InChI is InChI=1S/C28H31F3N6O5/c1-5-40-22-14-17(9-12-20(22)41-16(2)3)24(26(38)36-37(4)23-8-6-7-13-34-23)35-18-10-11-19(25(32)33)21(15-18)42-27(39)28(29,30)31/h6-16,24,35H,5H2,1-4H3,(H3,32,33)(H,36,38). The molecule has 42 heavy (non-hydrogen) atoms. The average Bonchev–Trinajstić information content (AvgIpc) is 2.92. The second-order valence-corrected chi connectivity index (χ2v) is 9.12. The van der Waals surface area contributed by atoms with Crippen molar-refractivity contribution in [3.63, 3.8) is 0 Å². The lowest BCUT2D eigenvalue weighted by molar-refractivity contribution is -0.189. The van der Waals surface area contributed by atoms with Crippen LogP contribution in [0.5, 0.6) is 17.2 Å². The number of alkyl halides is 3. The van der Waals surface area contributed by atoms with E-state index in [1.54, 1.807) is 56.6 Å². The van der Waals surface area contributed by atoms with E-state index in [0.717, 1.165) is 6.07 Å². The number of benzene rings is 2. The van der Waals surface area contributed by atoms with Crippen molar-refractivity contribution in [2.75, 3.05) is 24.0 Å². The van der Waals surface area contributed by atoms with E-state index in [4.69, 9.17) is 20.6 Å². The van der Waals surface area contributed by atoms with Gasteiger partial charge in [-0.3, -0.25) is 20.6 Å². The second kappa shape index (κ2) is 13.6. The highest BCUT2D eigenvalue weighted by Crippen LogP contribution is 2.34. The number of anilines is 2. The van der Waals surface area contributed by atoms with E-state index in [9.17, 15) is 22.8 Å². The highest BCUT2D eigenvalue weighted by Gasteiger charge is 2.42. The molecule has 0 bridgehead atoms. The lowest BCUT2D eigenvalue weighted by atomic mass is 10.0. The zero-order valence-corrected chi connectivity index (χ0v) is 23.3. The van der Waals surface area contributed by atoms with Crippen molar-refractivity contribution in [3.8, 4) is 17.2 Å². The lowest BCUT2D eigenvalue weighted by Gasteiger charge is -2.26. The Morgan fingerprint density at radius 3 is 2.40 bits per heavy atom. The van der Waals surface area contributed by atoms with E-state index in [0.29, 0.717) is 29.5 Å². The summed E-state index contributed by atoms with van der Waals surface area (Å²) >= 11 is 0. The van der Waals surface area contributed by atoms with Crippen LogP contribution in [-0.2, 0) is 9.59 Å². The summed E-state index contributed by atoms with van der Waals surface area (Å²) in [5.74, 6) is -3.05. The largest absolute Gasteiger partial charge is 0.491 e. The molecule has 3 aromatic rings. The fraction of sp³-hybridized carbons (Fsp3) is 0.286. The van der Waals surface area contributed by atoms with Crippen LogP contribution in [0.1, 0.15) is 37.9 Å². The summed E-state index contributed by atoms with van der Waals surface area (Å²) < 4.78 is 54.8. The summed E-state index contributed by atoms with van der Waals surface area (Å²) in [4.78, 5) is 29.4. The predicted octanol–water partition coefficient (Wildman–Crippen LogP) is 4.34. The van der Waals surface area contributed by atoms with E-state index in [-0.39, 0.29) is 17.4 Å². The number of amides is 1.